The van der Waals surface area contributed by atoms with E-state index in [1.54, 1.807) is 0 Å². The smallest absolute Gasteiger partial charge is 0.222 e. The van der Waals surface area contributed by atoms with Gasteiger partial charge >= 0.3 is 0 Å². The summed E-state index contributed by atoms with van der Waals surface area (Å²) in [6, 6.07) is 11.3. The summed E-state index contributed by atoms with van der Waals surface area (Å²) in [7, 11) is 0. The van der Waals surface area contributed by atoms with Crippen molar-refractivity contribution < 1.29 is 4.79 Å². The van der Waals surface area contributed by atoms with Crippen LogP contribution in [0, 0.1) is 0 Å². The Balaban J connectivity index is 1.25. The van der Waals surface area contributed by atoms with E-state index in [0.29, 0.717) is 31.6 Å². The number of hydrogen-bond acceptors (Lipinski definition) is 6. The van der Waals surface area contributed by atoms with E-state index in [-0.39, 0.29) is 11.9 Å². The molecule has 1 aromatic carbocycles. The van der Waals surface area contributed by atoms with Gasteiger partial charge in [-0.05, 0) is 66.1 Å². The van der Waals surface area contributed by atoms with Crippen molar-refractivity contribution in [1.29, 1.82) is 0 Å². The highest BCUT2D eigenvalue weighted by Gasteiger charge is 2.31. The molecule has 0 radical (unpaired) electrons. The van der Waals surface area contributed by atoms with Crippen LogP contribution in [0.1, 0.15) is 98.6 Å². The number of nitrogens with one attached hydrogen (secondary N) is 1. The first-order valence-electron chi connectivity index (χ1n) is 13.2. The molecule has 0 spiro atoms. The molecule has 35 heavy (non-hydrogen) atoms. The third-order valence-electron chi connectivity index (χ3n) is 7.91. The summed E-state index contributed by atoms with van der Waals surface area (Å²) in [6.07, 6.45) is 11.9. The number of hydrogen-bond donors (Lipinski definition) is 1. The van der Waals surface area contributed by atoms with Crippen LogP contribution >= 0.6 is 0 Å². The van der Waals surface area contributed by atoms with Crippen LogP contribution in [0.15, 0.2) is 36.5 Å². The molecule has 3 fully saturated rings. The third-order valence-corrected chi connectivity index (χ3v) is 7.91. The number of aromatic nitrogens is 6. The molecule has 1 atom stereocenters. The van der Waals surface area contributed by atoms with Crippen LogP contribution in [0.3, 0.4) is 0 Å². The first-order valence-corrected chi connectivity index (χ1v) is 13.2. The van der Waals surface area contributed by atoms with Crippen molar-refractivity contribution in [2.75, 3.05) is 6.54 Å². The van der Waals surface area contributed by atoms with Crippen molar-refractivity contribution in [3.8, 4) is 0 Å². The van der Waals surface area contributed by atoms with Gasteiger partial charge in [-0.1, -0.05) is 37.1 Å². The molecule has 3 heterocycles. The second-order valence-corrected chi connectivity index (χ2v) is 10.3. The van der Waals surface area contributed by atoms with Crippen molar-refractivity contribution in [1.82, 2.24) is 40.2 Å². The molecule has 1 unspecified atom stereocenters. The summed E-state index contributed by atoms with van der Waals surface area (Å²) >= 11 is 0. The molecule has 2 saturated carbocycles. The number of carbonyl (C=O) groups excluding carboxylic acids is 1. The van der Waals surface area contributed by atoms with Crippen LogP contribution < -0.4 is 5.32 Å². The maximum atomic E-state index is 12.1. The molecule has 0 bridgehead atoms. The van der Waals surface area contributed by atoms with Crippen LogP contribution in [0.5, 0.6) is 0 Å². The Morgan fingerprint density at radius 2 is 1.77 bits per heavy atom. The number of tetrazole rings is 1. The average Bonchev–Trinajstić information content (AvgIpc) is 3.62. The minimum atomic E-state index is -0.141. The van der Waals surface area contributed by atoms with Gasteiger partial charge in [0.15, 0.2) is 5.82 Å². The molecule has 1 saturated heterocycles. The van der Waals surface area contributed by atoms with Crippen LogP contribution in [0.25, 0.3) is 0 Å². The topological polar surface area (TPSA) is 93.8 Å². The van der Waals surface area contributed by atoms with Gasteiger partial charge in [-0.2, -0.15) is 5.10 Å². The van der Waals surface area contributed by atoms with Crippen LogP contribution in [0.4, 0.5) is 0 Å². The summed E-state index contributed by atoms with van der Waals surface area (Å²) in [5.74, 6) is 1.13. The van der Waals surface area contributed by atoms with Gasteiger partial charge in [-0.25, -0.2) is 4.68 Å². The lowest BCUT2D eigenvalue weighted by Crippen LogP contribution is -2.31. The molecule has 2 aliphatic carbocycles. The predicted molar refractivity (Wildman–Crippen MR) is 130 cm³/mol. The minimum absolute atomic E-state index is 0.141. The lowest BCUT2D eigenvalue weighted by Gasteiger charge is -2.30. The molecule has 2 aromatic heterocycles. The number of rotatable bonds is 9. The highest BCUT2D eigenvalue weighted by molar-refractivity contribution is 5.78. The van der Waals surface area contributed by atoms with Crippen LogP contribution in [-0.4, -0.2) is 47.3 Å². The molecule has 184 valence electrons. The predicted octanol–water partition coefficient (Wildman–Crippen LogP) is 3.71. The summed E-state index contributed by atoms with van der Waals surface area (Å²) in [4.78, 5) is 14.0. The maximum absolute atomic E-state index is 12.1. The monoisotopic (exact) mass is 474 g/mol. The van der Waals surface area contributed by atoms with E-state index in [2.05, 4.69) is 60.5 Å². The largest absolute Gasteiger partial charge is 0.338 e. The second kappa shape index (κ2) is 9.89. The first-order chi connectivity index (χ1) is 17.3. The van der Waals surface area contributed by atoms with Gasteiger partial charge in [-0.15, -0.1) is 5.10 Å². The molecular formula is C26H34N8O. The number of amides is 1. The highest BCUT2D eigenvalue weighted by Crippen LogP contribution is 2.36. The molecule has 1 N–H and O–H groups in total. The van der Waals surface area contributed by atoms with E-state index in [1.165, 1.54) is 43.2 Å². The number of benzene rings is 1. The lowest BCUT2D eigenvalue weighted by atomic mass is 9.93. The molecule has 6 rings (SSSR count). The van der Waals surface area contributed by atoms with Crippen molar-refractivity contribution in [3.05, 3.63) is 59.2 Å². The van der Waals surface area contributed by atoms with Crippen LogP contribution in [-0.2, 0) is 17.9 Å². The molecule has 3 aliphatic rings. The van der Waals surface area contributed by atoms with Crippen LogP contribution in [0.2, 0.25) is 0 Å². The van der Waals surface area contributed by atoms with E-state index >= 15 is 0 Å². The standard InChI is InChI=1S/C26H34N8O/c35-24-12-5-15-32(24)18-20-7-3-6-19(16-20)17-27-25(23-13-14-28-33(23)21-10-4-11-21)26-29-30-31-34(26)22-8-1-2-9-22/h3,6-7,13-14,16,21-22,25,27H,1-2,4-5,8-12,15,17-18H2. The fourth-order valence-electron chi connectivity index (χ4n) is 5.77. The lowest BCUT2D eigenvalue weighted by molar-refractivity contribution is -0.128. The first kappa shape index (κ1) is 22.4. The van der Waals surface area contributed by atoms with E-state index in [9.17, 15) is 4.79 Å². The minimum Gasteiger partial charge on any atom is -0.338 e. The van der Waals surface area contributed by atoms with Gasteiger partial charge in [0, 0.05) is 32.3 Å². The zero-order chi connectivity index (χ0) is 23.6. The number of carbonyl (C=O) groups is 1. The third kappa shape index (κ3) is 4.61. The Labute approximate surface area is 205 Å². The summed E-state index contributed by atoms with van der Waals surface area (Å²) in [5.41, 5.74) is 3.49. The highest BCUT2D eigenvalue weighted by atomic mass is 16.2. The Hall–Kier alpha value is -3.07. The molecular weight excluding hydrogens is 440 g/mol. The second-order valence-electron chi connectivity index (χ2n) is 10.3. The molecule has 9 nitrogen and oxygen atoms in total. The van der Waals surface area contributed by atoms with Gasteiger partial charge in [0.05, 0.1) is 17.8 Å². The van der Waals surface area contributed by atoms with Crippen molar-refractivity contribution in [2.45, 2.75) is 89.0 Å². The van der Waals surface area contributed by atoms with E-state index in [0.717, 1.165) is 37.3 Å². The Kier molecular flexibility index (Phi) is 6.33. The zero-order valence-corrected chi connectivity index (χ0v) is 20.2. The SMILES string of the molecule is O=C1CCCN1Cc1cccc(CNC(c2ccnn2C2CCC2)c2nnnn2C2CCCC2)c1. The van der Waals surface area contributed by atoms with Crippen molar-refractivity contribution in [3.63, 3.8) is 0 Å². The fourth-order valence-corrected chi connectivity index (χ4v) is 5.77. The van der Waals surface area contributed by atoms with Gasteiger partial charge in [0.25, 0.3) is 0 Å². The number of nitrogens with zero attached hydrogens (tertiary/aromatic N) is 7. The quantitative estimate of drug-likeness (QED) is 0.508. The summed E-state index contributed by atoms with van der Waals surface area (Å²) < 4.78 is 4.24. The summed E-state index contributed by atoms with van der Waals surface area (Å²) in [6.45, 7) is 2.22. The number of likely N-dealkylation sites (tertiary alicyclic amines) is 1. The zero-order valence-electron chi connectivity index (χ0n) is 20.2. The maximum Gasteiger partial charge on any atom is 0.222 e. The normalized spacial score (nSPS) is 20.0. The summed E-state index contributed by atoms with van der Waals surface area (Å²) in [5, 5.41) is 21.5. The van der Waals surface area contributed by atoms with E-state index < -0.39 is 0 Å². The average molecular weight is 475 g/mol. The van der Waals surface area contributed by atoms with Gasteiger partial charge in [-0.3, -0.25) is 14.8 Å². The van der Waals surface area contributed by atoms with Crippen molar-refractivity contribution >= 4 is 5.91 Å². The molecule has 1 amide bonds. The molecule has 3 aromatic rings. The van der Waals surface area contributed by atoms with Gasteiger partial charge < -0.3 is 4.90 Å². The Bertz CT molecular complexity index is 1160. The molecule has 1 aliphatic heterocycles. The van der Waals surface area contributed by atoms with E-state index in [4.69, 9.17) is 5.10 Å². The fraction of sp³-hybridized carbons (Fsp3) is 0.577. The van der Waals surface area contributed by atoms with E-state index in [1.807, 2.05) is 11.1 Å². The van der Waals surface area contributed by atoms with Gasteiger partial charge in [0.2, 0.25) is 5.91 Å². The Morgan fingerprint density at radius 1 is 0.971 bits per heavy atom. The van der Waals surface area contributed by atoms with Crippen molar-refractivity contribution in [2.24, 2.45) is 0 Å². The Morgan fingerprint density at radius 3 is 2.54 bits per heavy atom. The molecule has 9 heteroatoms. The van der Waals surface area contributed by atoms with Gasteiger partial charge in [0.1, 0.15) is 6.04 Å².